The van der Waals surface area contributed by atoms with E-state index in [9.17, 15) is 24.9 Å². The second kappa shape index (κ2) is 4.65. The van der Waals surface area contributed by atoms with Gasteiger partial charge in [0, 0.05) is 5.92 Å². The first-order chi connectivity index (χ1) is 13.4. The first kappa shape index (κ1) is 18.5. The predicted octanol–water partition coefficient (Wildman–Crippen LogP) is -0.548. The molecule has 160 valence electrons. The SMILES string of the molecule is C[C@@H]1C(O)OC2CC34C5CC(C(C)(C)C)C36[C@@H](OC(=O)[C@@H]6O)O[C@@]4(C(=O)O5)[C@]21O. The number of aliphatic hydroxyl groups excluding tert-OH is 2. The number of aliphatic hydroxyl groups is 3. The van der Waals surface area contributed by atoms with Gasteiger partial charge in [0.15, 0.2) is 12.4 Å². The molecule has 29 heavy (non-hydrogen) atoms. The molecule has 0 bridgehead atoms. The molecular weight excluding hydrogens is 384 g/mol. The molecule has 0 amide bonds. The highest BCUT2D eigenvalue weighted by Gasteiger charge is 3.00. The Kier molecular flexibility index (Phi) is 2.97. The molecule has 6 rings (SSSR count). The van der Waals surface area contributed by atoms with E-state index in [0.29, 0.717) is 6.42 Å². The van der Waals surface area contributed by atoms with Gasteiger partial charge in [-0.2, -0.15) is 0 Å². The summed E-state index contributed by atoms with van der Waals surface area (Å²) in [6.07, 6.45) is -4.96. The Hall–Kier alpha value is -1.26. The highest BCUT2D eigenvalue weighted by Crippen LogP contribution is 2.84. The van der Waals surface area contributed by atoms with Crippen LogP contribution in [0.5, 0.6) is 0 Å². The Morgan fingerprint density at radius 3 is 2.45 bits per heavy atom. The Labute approximate surface area is 167 Å². The summed E-state index contributed by atoms with van der Waals surface area (Å²) in [6.45, 7) is 7.62. The third-order valence-electron chi connectivity index (χ3n) is 9.12. The molecule has 6 fully saturated rings. The monoisotopic (exact) mass is 410 g/mol. The summed E-state index contributed by atoms with van der Waals surface area (Å²) in [7, 11) is 0. The summed E-state index contributed by atoms with van der Waals surface area (Å²) in [5.41, 5.74) is -6.57. The fourth-order valence-corrected chi connectivity index (χ4v) is 8.19. The van der Waals surface area contributed by atoms with Gasteiger partial charge < -0.3 is 34.3 Å². The number of carbonyl (C=O) groups is 2. The average Bonchev–Trinajstić information content (AvgIpc) is 3.31. The van der Waals surface area contributed by atoms with Gasteiger partial charge >= 0.3 is 11.9 Å². The van der Waals surface area contributed by atoms with Gasteiger partial charge in [-0.05, 0) is 24.2 Å². The van der Waals surface area contributed by atoms with Crippen LogP contribution in [0.15, 0.2) is 0 Å². The smallest absolute Gasteiger partial charge is 0.342 e. The molecule has 0 aromatic rings. The average molecular weight is 410 g/mol. The van der Waals surface area contributed by atoms with Crippen LogP contribution in [-0.2, 0) is 28.5 Å². The molecule has 11 atom stereocenters. The predicted molar refractivity (Wildman–Crippen MR) is 91.6 cm³/mol. The molecule has 9 nitrogen and oxygen atoms in total. The number of rotatable bonds is 0. The zero-order valence-electron chi connectivity index (χ0n) is 16.7. The Morgan fingerprint density at radius 1 is 1.10 bits per heavy atom. The lowest BCUT2D eigenvalue weighted by Gasteiger charge is -2.46. The Morgan fingerprint density at radius 2 is 1.79 bits per heavy atom. The molecule has 2 saturated carbocycles. The first-order valence-electron chi connectivity index (χ1n) is 10.2. The van der Waals surface area contributed by atoms with Crippen molar-refractivity contribution >= 4 is 11.9 Å². The van der Waals surface area contributed by atoms with Gasteiger partial charge in [0.25, 0.3) is 0 Å². The van der Waals surface area contributed by atoms with Gasteiger partial charge in [0.05, 0.1) is 16.9 Å². The van der Waals surface area contributed by atoms with Crippen molar-refractivity contribution in [2.24, 2.45) is 28.1 Å². The zero-order valence-corrected chi connectivity index (χ0v) is 16.7. The quantitative estimate of drug-likeness (QED) is 0.450. The van der Waals surface area contributed by atoms with Crippen molar-refractivity contribution in [1.82, 2.24) is 0 Å². The molecule has 0 aromatic heterocycles. The van der Waals surface area contributed by atoms with E-state index >= 15 is 0 Å². The summed E-state index contributed by atoms with van der Waals surface area (Å²) in [6, 6.07) is 0. The molecule has 3 N–H and O–H groups in total. The molecule has 4 heterocycles. The molecule has 9 heteroatoms. The molecule has 2 spiro atoms. The molecule has 4 aliphatic heterocycles. The largest absolute Gasteiger partial charge is 0.459 e. The molecule has 2 aliphatic carbocycles. The topological polar surface area (TPSA) is 132 Å². The molecular formula is C20H26O9. The second-order valence-corrected chi connectivity index (χ2v) is 10.8. The first-order valence-corrected chi connectivity index (χ1v) is 10.2. The highest BCUT2D eigenvalue weighted by atomic mass is 16.8. The number of hydrogen-bond acceptors (Lipinski definition) is 9. The summed E-state index contributed by atoms with van der Waals surface area (Å²) in [5, 5.41) is 33.4. The van der Waals surface area contributed by atoms with E-state index in [2.05, 4.69) is 0 Å². The lowest BCUT2D eigenvalue weighted by Crippen LogP contribution is -2.66. The summed E-state index contributed by atoms with van der Waals surface area (Å²) in [4.78, 5) is 25.9. The molecule has 0 radical (unpaired) electrons. The minimum Gasteiger partial charge on any atom is -0.459 e. The third kappa shape index (κ3) is 1.41. The van der Waals surface area contributed by atoms with Gasteiger partial charge in [-0.15, -0.1) is 0 Å². The van der Waals surface area contributed by atoms with E-state index in [1.807, 2.05) is 20.8 Å². The standard InChI is InChI=1S/C20H26O9/c1-7-12(22)26-10-6-17-9-5-8(16(2,3)4)18(17)11(21)13(23)28-15(18)29-20(17,14(24)27-9)19(7,10)25/h7-12,15,21-22,25H,5-6H2,1-4H3/t7-,8?,9?,10?,11+,12?,15+,17?,18?,19-,20-/m1/s1. The van der Waals surface area contributed by atoms with Gasteiger partial charge in [-0.25, -0.2) is 9.59 Å². The highest BCUT2D eigenvalue weighted by molar-refractivity contribution is 5.91. The minimum atomic E-state index is -1.88. The van der Waals surface area contributed by atoms with E-state index in [0.717, 1.165) is 0 Å². The third-order valence-corrected chi connectivity index (χ3v) is 9.12. The number of hydrogen-bond donors (Lipinski definition) is 3. The molecule has 6 unspecified atom stereocenters. The summed E-state index contributed by atoms with van der Waals surface area (Å²) < 4.78 is 23.2. The second-order valence-electron chi connectivity index (χ2n) is 10.8. The summed E-state index contributed by atoms with van der Waals surface area (Å²) >= 11 is 0. The molecule has 6 aliphatic rings. The van der Waals surface area contributed by atoms with Crippen LogP contribution >= 0.6 is 0 Å². The van der Waals surface area contributed by atoms with Gasteiger partial charge in [0.1, 0.15) is 11.7 Å². The molecule has 0 aromatic carbocycles. The zero-order chi connectivity index (χ0) is 20.9. The van der Waals surface area contributed by atoms with Crippen molar-refractivity contribution in [1.29, 1.82) is 0 Å². The fraction of sp³-hybridized carbons (Fsp3) is 0.900. The number of carbonyl (C=O) groups excluding carboxylic acids is 2. The van der Waals surface area contributed by atoms with Crippen LogP contribution in [0.4, 0.5) is 0 Å². The van der Waals surface area contributed by atoms with Gasteiger partial charge in [-0.3, -0.25) is 0 Å². The van der Waals surface area contributed by atoms with Crippen LogP contribution in [0.3, 0.4) is 0 Å². The van der Waals surface area contributed by atoms with Crippen LogP contribution in [-0.4, -0.2) is 69.4 Å². The fourth-order valence-electron chi connectivity index (χ4n) is 8.19. The van der Waals surface area contributed by atoms with Crippen molar-refractivity contribution in [3.8, 4) is 0 Å². The summed E-state index contributed by atoms with van der Waals surface area (Å²) in [5.74, 6) is -2.63. The van der Waals surface area contributed by atoms with E-state index in [-0.39, 0.29) is 17.8 Å². The van der Waals surface area contributed by atoms with Crippen molar-refractivity contribution in [2.45, 2.75) is 82.6 Å². The van der Waals surface area contributed by atoms with Gasteiger partial charge in [-0.1, -0.05) is 27.7 Å². The maximum absolute atomic E-state index is 13.3. The van der Waals surface area contributed by atoms with E-state index < -0.39 is 70.8 Å². The Bertz CT molecular complexity index is 851. The van der Waals surface area contributed by atoms with Gasteiger partial charge in [0.2, 0.25) is 11.9 Å². The van der Waals surface area contributed by atoms with E-state index in [1.54, 1.807) is 6.92 Å². The van der Waals surface area contributed by atoms with Crippen LogP contribution in [0, 0.1) is 28.1 Å². The van der Waals surface area contributed by atoms with Crippen LogP contribution in [0.25, 0.3) is 0 Å². The number of ether oxygens (including phenoxy) is 4. The Balaban J connectivity index is 1.67. The normalized spacial score (nSPS) is 62.0. The molecule has 4 saturated heterocycles. The lowest BCUT2D eigenvalue weighted by atomic mass is 9.51. The van der Waals surface area contributed by atoms with Crippen molar-refractivity contribution in [3.63, 3.8) is 0 Å². The van der Waals surface area contributed by atoms with Crippen molar-refractivity contribution < 1.29 is 43.9 Å². The van der Waals surface area contributed by atoms with Crippen LogP contribution < -0.4 is 0 Å². The van der Waals surface area contributed by atoms with Crippen LogP contribution in [0.2, 0.25) is 0 Å². The lowest BCUT2D eigenvalue weighted by molar-refractivity contribution is -0.238. The van der Waals surface area contributed by atoms with Crippen molar-refractivity contribution in [2.75, 3.05) is 0 Å². The maximum atomic E-state index is 13.3. The van der Waals surface area contributed by atoms with E-state index in [1.165, 1.54) is 0 Å². The maximum Gasteiger partial charge on any atom is 0.342 e. The van der Waals surface area contributed by atoms with E-state index in [4.69, 9.17) is 18.9 Å². The van der Waals surface area contributed by atoms with Crippen molar-refractivity contribution in [3.05, 3.63) is 0 Å². The number of fused-ring (bicyclic) bond motifs is 1. The minimum absolute atomic E-state index is 0.123. The van der Waals surface area contributed by atoms with Crippen LogP contribution in [0.1, 0.15) is 40.5 Å². The number of esters is 2.